The first kappa shape index (κ1) is 18.8. The minimum atomic E-state index is -0.798. The number of methoxy groups -OCH3 is 4. The van der Waals surface area contributed by atoms with Gasteiger partial charge in [0.2, 0.25) is 0 Å². The standard InChI is InChI=1S/C20H22O7/c1-23-12-8-17(25-3)14-10-15(21)19(27-18(14)9-12)11-5-6-13(20(22)26-4)16(7-11)24-2/h5-9,15,19,21H,10H2,1-4H3. The highest BCUT2D eigenvalue weighted by molar-refractivity contribution is 5.92. The quantitative estimate of drug-likeness (QED) is 0.805. The zero-order valence-corrected chi connectivity index (χ0v) is 15.6. The van der Waals surface area contributed by atoms with E-state index in [0.29, 0.717) is 40.5 Å². The Morgan fingerprint density at radius 1 is 1.04 bits per heavy atom. The molecule has 7 heteroatoms. The zero-order valence-electron chi connectivity index (χ0n) is 15.6. The van der Waals surface area contributed by atoms with E-state index in [0.717, 1.165) is 5.56 Å². The number of benzene rings is 2. The van der Waals surface area contributed by atoms with Crippen LogP contribution in [0, 0.1) is 0 Å². The number of carbonyl (C=O) groups is 1. The molecule has 144 valence electrons. The number of fused-ring (bicyclic) bond motifs is 1. The van der Waals surface area contributed by atoms with E-state index < -0.39 is 18.2 Å². The average Bonchev–Trinajstić information content (AvgIpc) is 2.71. The molecule has 0 aliphatic carbocycles. The number of carbonyl (C=O) groups excluding carboxylic acids is 1. The van der Waals surface area contributed by atoms with Gasteiger partial charge in [0.15, 0.2) is 0 Å². The molecule has 1 aliphatic rings. The van der Waals surface area contributed by atoms with Gasteiger partial charge in [-0.05, 0) is 17.7 Å². The number of hydrogen-bond donors (Lipinski definition) is 1. The lowest BCUT2D eigenvalue weighted by Crippen LogP contribution is -2.30. The Labute approximate surface area is 157 Å². The molecule has 0 radical (unpaired) electrons. The number of esters is 1. The van der Waals surface area contributed by atoms with Gasteiger partial charge in [0, 0.05) is 24.1 Å². The monoisotopic (exact) mass is 374 g/mol. The second-order valence-corrected chi connectivity index (χ2v) is 6.07. The highest BCUT2D eigenvalue weighted by Gasteiger charge is 2.33. The summed E-state index contributed by atoms with van der Waals surface area (Å²) in [4.78, 5) is 11.8. The second kappa shape index (κ2) is 7.75. The number of rotatable bonds is 5. The molecule has 2 atom stereocenters. The minimum absolute atomic E-state index is 0.304. The highest BCUT2D eigenvalue weighted by Crippen LogP contribution is 2.43. The van der Waals surface area contributed by atoms with Crippen LogP contribution < -0.4 is 18.9 Å². The van der Waals surface area contributed by atoms with Gasteiger partial charge in [0.25, 0.3) is 0 Å². The van der Waals surface area contributed by atoms with Gasteiger partial charge in [-0.3, -0.25) is 0 Å². The zero-order chi connectivity index (χ0) is 19.6. The second-order valence-electron chi connectivity index (χ2n) is 6.07. The number of aliphatic hydroxyl groups excluding tert-OH is 1. The van der Waals surface area contributed by atoms with Crippen LogP contribution >= 0.6 is 0 Å². The van der Waals surface area contributed by atoms with Crippen molar-refractivity contribution in [2.75, 3.05) is 28.4 Å². The van der Waals surface area contributed by atoms with Crippen LogP contribution in [0.15, 0.2) is 30.3 Å². The molecule has 0 aromatic heterocycles. The largest absolute Gasteiger partial charge is 0.496 e. The molecule has 1 heterocycles. The number of ether oxygens (including phenoxy) is 5. The van der Waals surface area contributed by atoms with Crippen molar-refractivity contribution < 1.29 is 33.6 Å². The molecule has 2 aromatic carbocycles. The van der Waals surface area contributed by atoms with Crippen LogP contribution in [0.5, 0.6) is 23.0 Å². The third kappa shape index (κ3) is 3.50. The summed E-state index contributed by atoms with van der Waals surface area (Å²) in [6.45, 7) is 0. The molecule has 2 aromatic rings. The average molecular weight is 374 g/mol. The molecule has 27 heavy (non-hydrogen) atoms. The van der Waals surface area contributed by atoms with Crippen LogP contribution in [0.3, 0.4) is 0 Å². The summed E-state index contributed by atoms with van der Waals surface area (Å²) in [7, 11) is 5.90. The molecular weight excluding hydrogens is 352 g/mol. The van der Waals surface area contributed by atoms with Gasteiger partial charge in [-0.15, -0.1) is 0 Å². The van der Waals surface area contributed by atoms with Crippen molar-refractivity contribution in [2.45, 2.75) is 18.6 Å². The summed E-state index contributed by atoms with van der Waals surface area (Å²) in [6.07, 6.45) is -1.07. The smallest absolute Gasteiger partial charge is 0.341 e. The highest BCUT2D eigenvalue weighted by atomic mass is 16.5. The van der Waals surface area contributed by atoms with Gasteiger partial charge in [-0.25, -0.2) is 4.79 Å². The van der Waals surface area contributed by atoms with Gasteiger partial charge in [-0.1, -0.05) is 6.07 Å². The number of hydrogen-bond acceptors (Lipinski definition) is 7. The molecule has 7 nitrogen and oxygen atoms in total. The summed E-state index contributed by atoms with van der Waals surface area (Å²) in [5.74, 6) is 1.63. The van der Waals surface area contributed by atoms with Crippen molar-refractivity contribution in [3.05, 3.63) is 47.0 Å². The molecular formula is C20H22O7. The van der Waals surface area contributed by atoms with Gasteiger partial charge in [0.1, 0.15) is 34.7 Å². The van der Waals surface area contributed by atoms with Crippen LogP contribution in [-0.4, -0.2) is 45.6 Å². The van der Waals surface area contributed by atoms with E-state index in [-0.39, 0.29) is 0 Å². The first-order chi connectivity index (χ1) is 13.0. The lowest BCUT2D eigenvalue weighted by Gasteiger charge is -2.32. The van der Waals surface area contributed by atoms with Crippen LogP contribution in [0.2, 0.25) is 0 Å². The maximum absolute atomic E-state index is 11.8. The summed E-state index contributed by atoms with van der Waals surface area (Å²) in [6, 6.07) is 8.49. The van der Waals surface area contributed by atoms with E-state index in [2.05, 4.69) is 0 Å². The SMILES string of the molecule is COC(=O)c1ccc(C2Oc3cc(OC)cc(OC)c3CC2O)cc1OC. The molecule has 0 bridgehead atoms. The Kier molecular flexibility index (Phi) is 5.41. The topological polar surface area (TPSA) is 83.5 Å². The van der Waals surface area contributed by atoms with E-state index in [1.165, 1.54) is 14.2 Å². The van der Waals surface area contributed by atoms with E-state index in [1.54, 1.807) is 44.6 Å². The lowest BCUT2D eigenvalue weighted by molar-refractivity contribution is 0.0197. The van der Waals surface area contributed by atoms with E-state index in [9.17, 15) is 9.90 Å². The molecule has 0 fully saturated rings. The summed E-state index contributed by atoms with van der Waals surface area (Å²) in [5.41, 5.74) is 1.76. The van der Waals surface area contributed by atoms with E-state index in [1.807, 2.05) is 0 Å². The fourth-order valence-corrected chi connectivity index (χ4v) is 3.19. The molecule has 2 unspecified atom stereocenters. The van der Waals surface area contributed by atoms with Crippen molar-refractivity contribution in [1.82, 2.24) is 0 Å². The Balaban J connectivity index is 1.98. The van der Waals surface area contributed by atoms with Crippen LogP contribution in [0.1, 0.15) is 27.6 Å². The van der Waals surface area contributed by atoms with Crippen molar-refractivity contribution in [3.63, 3.8) is 0 Å². The Morgan fingerprint density at radius 2 is 1.78 bits per heavy atom. The molecule has 0 amide bonds. The fourth-order valence-electron chi connectivity index (χ4n) is 3.19. The summed E-state index contributed by atoms with van der Waals surface area (Å²) in [5, 5.41) is 10.7. The Bertz CT molecular complexity index is 846. The van der Waals surface area contributed by atoms with Crippen molar-refractivity contribution in [2.24, 2.45) is 0 Å². The first-order valence-corrected chi connectivity index (χ1v) is 8.38. The number of aliphatic hydroxyl groups is 1. The molecule has 0 saturated heterocycles. The molecule has 1 N–H and O–H groups in total. The van der Waals surface area contributed by atoms with Gasteiger partial charge in [0.05, 0.1) is 34.5 Å². The molecule has 3 rings (SSSR count). The summed E-state index contributed by atoms with van der Waals surface area (Å²) >= 11 is 0. The van der Waals surface area contributed by atoms with Crippen LogP contribution in [-0.2, 0) is 11.2 Å². The maximum atomic E-state index is 11.8. The maximum Gasteiger partial charge on any atom is 0.341 e. The third-order valence-corrected chi connectivity index (χ3v) is 4.57. The predicted octanol–water partition coefficient (Wildman–Crippen LogP) is 2.54. The van der Waals surface area contributed by atoms with Gasteiger partial charge < -0.3 is 28.8 Å². The third-order valence-electron chi connectivity index (χ3n) is 4.57. The summed E-state index contributed by atoms with van der Waals surface area (Å²) < 4.78 is 26.8. The van der Waals surface area contributed by atoms with Gasteiger partial charge >= 0.3 is 5.97 Å². The van der Waals surface area contributed by atoms with Crippen molar-refractivity contribution >= 4 is 5.97 Å². The normalized spacial score (nSPS) is 18.1. The molecule has 0 spiro atoms. The molecule has 0 saturated carbocycles. The fraction of sp³-hybridized carbons (Fsp3) is 0.350. The van der Waals surface area contributed by atoms with Gasteiger partial charge in [-0.2, -0.15) is 0 Å². The van der Waals surface area contributed by atoms with E-state index in [4.69, 9.17) is 23.7 Å². The lowest BCUT2D eigenvalue weighted by atomic mass is 9.93. The van der Waals surface area contributed by atoms with E-state index >= 15 is 0 Å². The van der Waals surface area contributed by atoms with Crippen molar-refractivity contribution in [1.29, 1.82) is 0 Å². The van der Waals surface area contributed by atoms with Crippen LogP contribution in [0.4, 0.5) is 0 Å². The molecule has 1 aliphatic heterocycles. The Morgan fingerprint density at radius 3 is 2.41 bits per heavy atom. The first-order valence-electron chi connectivity index (χ1n) is 8.38. The van der Waals surface area contributed by atoms with Crippen LogP contribution in [0.25, 0.3) is 0 Å². The van der Waals surface area contributed by atoms with Crippen molar-refractivity contribution in [3.8, 4) is 23.0 Å². The minimum Gasteiger partial charge on any atom is -0.496 e. The Hall–Kier alpha value is -2.93. The predicted molar refractivity (Wildman–Crippen MR) is 97.0 cm³/mol.